The maximum atomic E-state index is 13.0. The van der Waals surface area contributed by atoms with Crippen LogP contribution in [0.1, 0.15) is 24.8 Å². The fourth-order valence-corrected chi connectivity index (χ4v) is 5.38. The van der Waals surface area contributed by atoms with Crippen molar-refractivity contribution in [3.63, 3.8) is 0 Å². The average molecular weight is 396 g/mol. The molecule has 1 saturated heterocycles. The zero-order valence-corrected chi connectivity index (χ0v) is 15.9. The Morgan fingerprint density at radius 3 is 2.54 bits per heavy atom. The van der Waals surface area contributed by atoms with Gasteiger partial charge in [-0.2, -0.15) is 4.31 Å². The Labute approximate surface area is 158 Å². The van der Waals surface area contributed by atoms with Crippen molar-refractivity contribution in [2.75, 3.05) is 19.7 Å². The SMILES string of the molecule is O=S(=O)(c1ccccc1)N1CCCC(CCO)(c2ccc(Cl)c(O)c2)C1. The highest BCUT2D eigenvalue weighted by molar-refractivity contribution is 7.89. The molecule has 0 radical (unpaired) electrons. The monoisotopic (exact) mass is 395 g/mol. The Morgan fingerprint density at radius 1 is 1.15 bits per heavy atom. The summed E-state index contributed by atoms with van der Waals surface area (Å²) in [6.07, 6.45) is 1.82. The Morgan fingerprint density at radius 2 is 1.88 bits per heavy atom. The van der Waals surface area contributed by atoms with Gasteiger partial charge in [0.05, 0.1) is 9.92 Å². The first-order valence-electron chi connectivity index (χ1n) is 8.54. The molecule has 1 unspecified atom stereocenters. The Balaban J connectivity index is 1.98. The molecule has 2 N–H and O–H groups in total. The van der Waals surface area contributed by atoms with E-state index >= 15 is 0 Å². The number of piperidine rings is 1. The number of aliphatic hydroxyl groups excluding tert-OH is 1. The van der Waals surface area contributed by atoms with Crippen LogP contribution < -0.4 is 0 Å². The maximum Gasteiger partial charge on any atom is 0.243 e. The second kappa shape index (κ2) is 7.56. The summed E-state index contributed by atoms with van der Waals surface area (Å²) in [6.45, 7) is 0.623. The summed E-state index contributed by atoms with van der Waals surface area (Å²) in [5.41, 5.74) is 0.234. The quantitative estimate of drug-likeness (QED) is 0.815. The number of phenols is 1. The third-order valence-corrected chi connectivity index (χ3v) is 7.25. The molecule has 2 aromatic rings. The zero-order valence-electron chi connectivity index (χ0n) is 14.3. The van der Waals surface area contributed by atoms with Crippen molar-refractivity contribution in [2.45, 2.75) is 29.6 Å². The standard InChI is InChI=1S/C19H22ClNO4S/c20-17-8-7-15(13-18(17)23)19(10-12-22)9-4-11-21(14-19)26(24,25)16-5-2-1-3-6-16/h1-3,5-8,13,22-23H,4,9-12,14H2. The van der Waals surface area contributed by atoms with Crippen molar-refractivity contribution in [1.82, 2.24) is 4.31 Å². The summed E-state index contributed by atoms with van der Waals surface area (Å²) in [6, 6.07) is 13.4. The van der Waals surface area contributed by atoms with Crippen LogP contribution in [0.4, 0.5) is 0 Å². The van der Waals surface area contributed by atoms with E-state index in [4.69, 9.17) is 11.6 Å². The van der Waals surface area contributed by atoms with Crippen LogP contribution in [0, 0.1) is 0 Å². The summed E-state index contributed by atoms with van der Waals surface area (Å²) in [5.74, 6) is -0.0375. The van der Waals surface area contributed by atoms with Gasteiger partial charge in [-0.05, 0) is 49.1 Å². The highest BCUT2D eigenvalue weighted by Crippen LogP contribution is 2.41. The van der Waals surface area contributed by atoms with Crippen LogP contribution in [-0.2, 0) is 15.4 Å². The van der Waals surface area contributed by atoms with E-state index in [1.54, 1.807) is 48.5 Å². The lowest BCUT2D eigenvalue weighted by molar-refractivity contribution is 0.169. The van der Waals surface area contributed by atoms with Crippen molar-refractivity contribution in [3.05, 3.63) is 59.1 Å². The number of aliphatic hydroxyl groups is 1. The molecule has 3 rings (SSSR count). The fourth-order valence-electron chi connectivity index (χ4n) is 3.68. The van der Waals surface area contributed by atoms with Crippen LogP contribution in [0.5, 0.6) is 5.75 Å². The molecule has 0 aliphatic carbocycles. The van der Waals surface area contributed by atoms with Gasteiger partial charge in [-0.1, -0.05) is 35.9 Å². The van der Waals surface area contributed by atoms with E-state index < -0.39 is 15.4 Å². The highest BCUT2D eigenvalue weighted by Gasteiger charge is 2.41. The van der Waals surface area contributed by atoms with Crippen molar-refractivity contribution in [3.8, 4) is 5.75 Å². The lowest BCUT2D eigenvalue weighted by atomic mass is 9.72. The number of benzene rings is 2. The van der Waals surface area contributed by atoms with Gasteiger partial charge in [-0.15, -0.1) is 0 Å². The molecule has 2 aromatic carbocycles. The molecule has 0 amide bonds. The van der Waals surface area contributed by atoms with Gasteiger partial charge in [0, 0.05) is 25.1 Å². The van der Waals surface area contributed by atoms with Crippen molar-refractivity contribution < 1.29 is 18.6 Å². The molecule has 0 bridgehead atoms. The Kier molecular flexibility index (Phi) is 5.58. The third kappa shape index (κ3) is 3.60. The van der Waals surface area contributed by atoms with E-state index in [-0.39, 0.29) is 28.8 Å². The number of sulfonamides is 1. The van der Waals surface area contributed by atoms with E-state index in [1.807, 2.05) is 0 Å². The second-order valence-corrected chi connectivity index (χ2v) is 9.02. The minimum atomic E-state index is -3.61. The summed E-state index contributed by atoms with van der Waals surface area (Å²) in [7, 11) is -3.61. The van der Waals surface area contributed by atoms with Gasteiger partial charge in [0.25, 0.3) is 0 Å². The summed E-state index contributed by atoms with van der Waals surface area (Å²) in [5, 5.41) is 19.9. The number of rotatable bonds is 5. The minimum Gasteiger partial charge on any atom is -0.506 e. The average Bonchev–Trinajstić information content (AvgIpc) is 2.65. The van der Waals surface area contributed by atoms with E-state index in [1.165, 1.54) is 4.31 Å². The number of halogens is 1. The van der Waals surface area contributed by atoms with Gasteiger partial charge < -0.3 is 10.2 Å². The lowest BCUT2D eigenvalue weighted by Crippen LogP contribution is -2.48. The number of aromatic hydroxyl groups is 1. The van der Waals surface area contributed by atoms with Crippen molar-refractivity contribution in [2.24, 2.45) is 0 Å². The van der Waals surface area contributed by atoms with Gasteiger partial charge in [0.1, 0.15) is 5.75 Å². The molecule has 0 saturated carbocycles. The molecule has 7 heteroatoms. The first-order valence-corrected chi connectivity index (χ1v) is 10.4. The molecule has 0 aromatic heterocycles. The van der Waals surface area contributed by atoms with Crippen LogP contribution >= 0.6 is 11.6 Å². The normalized spacial score (nSPS) is 21.6. The molecular weight excluding hydrogens is 374 g/mol. The first-order chi connectivity index (χ1) is 12.4. The van der Waals surface area contributed by atoms with Gasteiger partial charge in [-0.3, -0.25) is 0 Å². The summed E-state index contributed by atoms with van der Waals surface area (Å²) >= 11 is 5.92. The summed E-state index contributed by atoms with van der Waals surface area (Å²) in [4.78, 5) is 0.263. The molecule has 0 spiro atoms. The molecule has 1 heterocycles. The van der Waals surface area contributed by atoms with Crippen molar-refractivity contribution >= 4 is 21.6 Å². The van der Waals surface area contributed by atoms with Crippen LogP contribution in [0.15, 0.2) is 53.4 Å². The molecule has 1 aliphatic heterocycles. The molecule has 1 fully saturated rings. The van der Waals surface area contributed by atoms with Crippen LogP contribution in [-0.4, -0.2) is 42.6 Å². The number of hydrogen-bond acceptors (Lipinski definition) is 4. The Hall–Kier alpha value is -1.60. The van der Waals surface area contributed by atoms with Crippen LogP contribution in [0.3, 0.4) is 0 Å². The molecular formula is C19H22ClNO4S. The van der Waals surface area contributed by atoms with Gasteiger partial charge in [0.15, 0.2) is 0 Å². The zero-order chi connectivity index (χ0) is 18.8. The molecule has 1 aliphatic rings. The first kappa shape index (κ1) is 19.2. The second-order valence-electron chi connectivity index (χ2n) is 6.68. The van der Waals surface area contributed by atoms with Crippen molar-refractivity contribution in [1.29, 1.82) is 0 Å². The lowest BCUT2D eigenvalue weighted by Gasteiger charge is -2.42. The predicted molar refractivity (Wildman–Crippen MR) is 101 cm³/mol. The van der Waals surface area contributed by atoms with Gasteiger partial charge in [-0.25, -0.2) is 8.42 Å². The van der Waals surface area contributed by atoms with E-state index in [9.17, 15) is 18.6 Å². The smallest absolute Gasteiger partial charge is 0.243 e. The molecule has 26 heavy (non-hydrogen) atoms. The minimum absolute atomic E-state index is 0.0375. The molecule has 140 valence electrons. The van der Waals surface area contributed by atoms with Gasteiger partial charge >= 0.3 is 0 Å². The fraction of sp³-hybridized carbons (Fsp3) is 0.368. The van der Waals surface area contributed by atoms with E-state index in [0.717, 1.165) is 12.0 Å². The van der Waals surface area contributed by atoms with E-state index in [2.05, 4.69) is 0 Å². The summed E-state index contributed by atoms with van der Waals surface area (Å²) < 4.78 is 27.5. The largest absolute Gasteiger partial charge is 0.506 e. The van der Waals surface area contributed by atoms with Gasteiger partial charge in [0.2, 0.25) is 10.0 Å². The number of phenolic OH excluding ortho intramolecular Hbond substituents is 1. The molecule has 5 nitrogen and oxygen atoms in total. The highest BCUT2D eigenvalue weighted by atomic mass is 35.5. The predicted octanol–water partition coefficient (Wildman–Crippen LogP) is 3.15. The third-order valence-electron chi connectivity index (χ3n) is 5.07. The van der Waals surface area contributed by atoms with Crippen LogP contribution in [0.2, 0.25) is 5.02 Å². The number of hydrogen-bond donors (Lipinski definition) is 2. The molecule has 1 atom stereocenters. The van der Waals surface area contributed by atoms with Crippen LogP contribution in [0.25, 0.3) is 0 Å². The number of nitrogens with zero attached hydrogens (tertiary/aromatic N) is 1. The topological polar surface area (TPSA) is 77.8 Å². The van der Waals surface area contributed by atoms with E-state index in [0.29, 0.717) is 19.4 Å². The maximum absolute atomic E-state index is 13.0. The Bertz CT molecular complexity index is 868.